The molecule has 0 unspecified atom stereocenters. The van der Waals surface area contributed by atoms with Crippen LogP contribution in [0.1, 0.15) is 49.6 Å². The van der Waals surface area contributed by atoms with Gasteiger partial charge in [0.05, 0.1) is 24.5 Å². The molecule has 0 aromatic carbocycles. The highest BCUT2D eigenvalue weighted by Crippen LogP contribution is 2.23. The number of ether oxygens (including phenoxy) is 1. The fourth-order valence-corrected chi connectivity index (χ4v) is 3.14. The minimum absolute atomic E-state index is 0.0962. The van der Waals surface area contributed by atoms with Crippen LogP contribution in [0.25, 0.3) is 0 Å². The minimum Gasteiger partial charge on any atom is -0.444 e. The Kier molecular flexibility index (Phi) is 5.81. The zero-order chi connectivity index (χ0) is 19.6. The van der Waals surface area contributed by atoms with E-state index in [1.807, 2.05) is 13.8 Å². The van der Waals surface area contributed by atoms with Gasteiger partial charge in [-0.05, 0) is 13.8 Å². The summed E-state index contributed by atoms with van der Waals surface area (Å²) in [5.74, 6) is 3.56. The monoisotopic (exact) mass is 373 g/mol. The van der Waals surface area contributed by atoms with Gasteiger partial charge in [0.1, 0.15) is 17.4 Å². The molecule has 0 spiro atoms. The molecule has 0 amide bonds. The lowest BCUT2D eigenvalue weighted by Gasteiger charge is -2.35. The number of rotatable bonds is 5. The van der Waals surface area contributed by atoms with Gasteiger partial charge in [0.2, 0.25) is 5.89 Å². The number of methoxy groups -OCH3 is 1. The summed E-state index contributed by atoms with van der Waals surface area (Å²) in [5.41, 5.74) is 1.81. The lowest BCUT2D eigenvalue weighted by molar-refractivity contribution is 0.181. The van der Waals surface area contributed by atoms with E-state index >= 15 is 0 Å². The minimum atomic E-state index is -0.0962. The van der Waals surface area contributed by atoms with Crippen LogP contribution in [0, 0.1) is 13.8 Å². The number of aryl methyl sites for hydroxylation is 2. The molecule has 3 heterocycles. The van der Waals surface area contributed by atoms with Crippen LogP contribution in [-0.2, 0) is 23.3 Å². The number of piperazine rings is 1. The van der Waals surface area contributed by atoms with Crippen LogP contribution in [0.3, 0.4) is 0 Å². The van der Waals surface area contributed by atoms with Crippen molar-refractivity contribution in [3.63, 3.8) is 0 Å². The van der Waals surface area contributed by atoms with Gasteiger partial charge >= 0.3 is 0 Å². The molecule has 0 radical (unpaired) electrons. The summed E-state index contributed by atoms with van der Waals surface area (Å²) in [7, 11) is 1.70. The molecule has 148 valence electrons. The van der Waals surface area contributed by atoms with Crippen molar-refractivity contribution in [2.75, 3.05) is 38.2 Å². The third kappa shape index (κ3) is 4.84. The predicted octanol–water partition coefficient (Wildman–Crippen LogP) is 2.85. The van der Waals surface area contributed by atoms with Crippen molar-refractivity contribution in [3.05, 3.63) is 34.9 Å². The van der Waals surface area contributed by atoms with Crippen molar-refractivity contribution in [2.24, 2.45) is 0 Å². The van der Waals surface area contributed by atoms with E-state index < -0.39 is 0 Å². The van der Waals surface area contributed by atoms with Gasteiger partial charge in [-0.2, -0.15) is 0 Å². The molecule has 7 nitrogen and oxygen atoms in total. The number of anilines is 1. The smallest absolute Gasteiger partial charge is 0.208 e. The molecule has 0 saturated carbocycles. The van der Waals surface area contributed by atoms with Crippen molar-refractivity contribution < 1.29 is 9.15 Å². The number of nitrogens with zero attached hydrogens (tertiary/aromatic N) is 5. The first-order valence-electron chi connectivity index (χ1n) is 9.54. The van der Waals surface area contributed by atoms with Gasteiger partial charge in [0, 0.05) is 44.8 Å². The summed E-state index contributed by atoms with van der Waals surface area (Å²) in [6, 6.07) is 2.05. The Bertz CT molecular complexity index is 754. The third-order valence-corrected chi connectivity index (χ3v) is 4.86. The van der Waals surface area contributed by atoms with E-state index in [2.05, 4.69) is 46.6 Å². The highest BCUT2D eigenvalue weighted by Gasteiger charge is 2.24. The molecule has 0 N–H and O–H groups in total. The lowest BCUT2D eigenvalue weighted by Crippen LogP contribution is -2.46. The zero-order valence-electron chi connectivity index (χ0n) is 17.4. The first kappa shape index (κ1) is 19.8. The summed E-state index contributed by atoms with van der Waals surface area (Å²) >= 11 is 0. The van der Waals surface area contributed by atoms with Crippen LogP contribution in [0.5, 0.6) is 0 Å². The highest BCUT2D eigenvalue weighted by atomic mass is 16.5. The molecule has 1 fully saturated rings. The summed E-state index contributed by atoms with van der Waals surface area (Å²) < 4.78 is 11.0. The number of oxazole rings is 1. The second-order valence-electron chi connectivity index (χ2n) is 8.24. The Labute approximate surface area is 161 Å². The van der Waals surface area contributed by atoms with Crippen molar-refractivity contribution in [1.29, 1.82) is 0 Å². The summed E-state index contributed by atoms with van der Waals surface area (Å²) in [6.07, 6.45) is 0. The number of hydrogen-bond acceptors (Lipinski definition) is 7. The lowest BCUT2D eigenvalue weighted by atomic mass is 9.95. The van der Waals surface area contributed by atoms with E-state index in [1.165, 1.54) is 0 Å². The van der Waals surface area contributed by atoms with Crippen molar-refractivity contribution in [3.8, 4) is 0 Å². The van der Waals surface area contributed by atoms with E-state index in [1.54, 1.807) is 7.11 Å². The molecule has 2 aromatic rings. The summed E-state index contributed by atoms with van der Waals surface area (Å²) in [5, 5.41) is 0. The van der Waals surface area contributed by atoms with E-state index in [0.717, 1.165) is 67.4 Å². The maximum absolute atomic E-state index is 5.72. The van der Waals surface area contributed by atoms with Crippen LogP contribution >= 0.6 is 0 Å². The highest BCUT2D eigenvalue weighted by molar-refractivity contribution is 5.41. The molecule has 2 aromatic heterocycles. The second-order valence-corrected chi connectivity index (χ2v) is 8.24. The van der Waals surface area contributed by atoms with E-state index in [0.29, 0.717) is 6.61 Å². The molecule has 3 rings (SSSR count). The quantitative estimate of drug-likeness (QED) is 0.798. The fraction of sp³-hybridized carbons (Fsp3) is 0.650. The molecule has 0 atom stereocenters. The van der Waals surface area contributed by atoms with Gasteiger partial charge in [0.15, 0.2) is 0 Å². The SMILES string of the molecule is COCc1cc(N2CCN(Cc3nc(C)c(C)o3)CC2)nc(C(C)(C)C)n1. The third-order valence-electron chi connectivity index (χ3n) is 4.86. The average molecular weight is 374 g/mol. The second kappa shape index (κ2) is 7.94. The number of aromatic nitrogens is 3. The van der Waals surface area contributed by atoms with Crippen LogP contribution in [0.15, 0.2) is 10.5 Å². The van der Waals surface area contributed by atoms with Gasteiger partial charge in [-0.15, -0.1) is 0 Å². The molecule has 7 heteroatoms. The Hall–Kier alpha value is -1.99. The fourth-order valence-electron chi connectivity index (χ4n) is 3.14. The first-order chi connectivity index (χ1) is 12.8. The first-order valence-corrected chi connectivity index (χ1v) is 9.54. The molecule has 27 heavy (non-hydrogen) atoms. The van der Waals surface area contributed by atoms with Crippen molar-refractivity contribution >= 4 is 5.82 Å². The van der Waals surface area contributed by atoms with Gasteiger partial charge in [0.25, 0.3) is 0 Å². The largest absolute Gasteiger partial charge is 0.444 e. The summed E-state index contributed by atoms with van der Waals surface area (Å²) in [6.45, 7) is 15.4. The normalized spacial score (nSPS) is 16.1. The molecule has 0 aliphatic carbocycles. The van der Waals surface area contributed by atoms with Crippen molar-refractivity contribution in [1.82, 2.24) is 19.9 Å². The average Bonchev–Trinajstić information content (AvgIpc) is 2.92. The topological polar surface area (TPSA) is 67.5 Å². The molecular weight excluding hydrogens is 342 g/mol. The predicted molar refractivity (Wildman–Crippen MR) is 105 cm³/mol. The van der Waals surface area contributed by atoms with Crippen molar-refractivity contribution in [2.45, 2.75) is 53.2 Å². The maximum Gasteiger partial charge on any atom is 0.208 e. The Morgan fingerprint density at radius 1 is 1.07 bits per heavy atom. The molecule has 1 aliphatic rings. The van der Waals surface area contributed by atoms with Gasteiger partial charge in [-0.3, -0.25) is 4.90 Å². The van der Waals surface area contributed by atoms with Gasteiger partial charge in [-0.1, -0.05) is 20.8 Å². The van der Waals surface area contributed by atoms with Crippen LogP contribution in [0.4, 0.5) is 5.82 Å². The van der Waals surface area contributed by atoms with Gasteiger partial charge < -0.3 is 14.1 Å². The van der Waals surface area contributed by atoms with E-state index in [9.17, 15) is 0 Å². The Morgan fingerprint density at radius 2 is 1.78 bits per heavy atom. The zero-order valence-corrected chi connectivity index (χ0v) is 17.4. The molecule has 1 aliphatic heterocycles. The Balaban J connectivity index is 1.68. The van der Waals surface area contributed by atoms with Gasteiger partial charge in [-0.25, -0.2) is 15.0 Å². The van der Waals surface area contributed by atoms with E-state index in [-0.39, 0.29) is 5.41 Å². The molecular formula is C20H31N5O2. The maximum atomic E-state index is 5.72. The van der Waals surface area contributed by atoms with Crippen LogP contribution < -0.4 is 4.90 Å². The summed E-state index contributed by atoms with van der Waals surface area (Å²) in [4.78, 5) is 18.7. The standard InChI is InChI=1S/C20H31N5O2/c1-14-15(2)27-18(21-14)12-24-7-9-25(10-8-24)17-11-16(13-26-6)22-19(23-17)20(3,4)5/h11H,7-10,12-13H2,1-6H3. The number of hydrogen-bond donors (Lipinski definition) is 0. The molecule has 1 saturated heterocycles. The van der Waals surface area contributed by atoms with Crippen LogP contribution in [-0.4, -0.2) is 53.1 Å². The molecule has 0 bridgehead atoms. The van der Waals surface area contributed by atoms with Crippen LogP contribution in [0.2, 0.25) is 0 Å². The van der Waals surface area contributed by atoms with E-state index in [4.69, 9.17) is 14.1 Å². The Morgan fingerprint density at radius 3 is 2.33 bits per heavy atom.